The summed E-state index contributed by atoms with van der Waals surface area (Å²) in [7, 11) is 1.64. The third-order valence-corrected chi connectivity index (χ3v) is 5.65. The fraction of sp³-hybridized carbons (Fsp3) is 0.250. The van der Waals surface area contributed by atoms with Gasteiger partial charge in [-0.05, 0) is 49.2 Å². The van der Waals surface area contributed by atoms with Crippen molar-refractivity contribution >= 4 is 40.1 Å². The normalized spacial score (nSPS) is 18.7. The number of nitrogens with one attached hydrogen (secondary N) is 1. The molecule has 0 aromatic heterocycles. The number of benzene rings is 2. The lowest BCUT2D eigenvalue weighted by Gasteiger charge is -2.28. The highest BCUT2D eigenvalue weighted by Gasteiger charge is 2.34. The number of carbonyl (C=O) groups excluding carboxylic acids is 2. The second-order valence-electron chi connectivity index (χ2n) is 6.40. The molecule has 27 heavy (non-hydrogen) atoms. The molecule has 140 valence electrons. The van der Waals surface area contributed by atoms with E-state index in [1.807, 2.05) is 32.0 Å². The molecule has 2 aromatic carbocycles. The quantitative estimate of drug-likeness (QED) is 0.868. The summed E-state index contributed by atoms with van der Waals surface area (Å²) in [4.78, 5) is 30.9. The van der Waals surface area contributed by atoms with Gasteiger partial charge in [0, 0.05) is 13.5 Å². The number of aryl methyl sites for hydroxylation is 2. The van der Waals surface area contributed by atoms with E-state index < -0.39 is 17.0 Å². The SMILES string of the molecule is Cc1ccc(N=C2S[C@H](C(=O)Nc3ccccc3F)CC(=O)N2C)cc1C. The number of rotatable bonds is 3. The summed E-state index contributed by atoms with van der Waals surface area (Å²) >= 11 is 1.20. The Morgan fingerprint density at radius 1 is 1.22 bits per heavy atom. The van der Waals surface area contributed by atoms with Gasteiger partial charge >= 0.3 is 0 Å². The Hall–Kier alpha value is -2.67. The minimum atomic E-state index is -0.668. The van der Waals surface area contributed by atoms with Crippen LogP contribution in [0.4, 0.5) is 15.8 Å². The molecule has 0 spiro atoms. The number of thioether (sulfide) groups is 1. The van der Waals surface area contributed by atoms with Crippen molar-refractivity contribution in [1.29, 1.82) is 0 Å². The number of aliphatic imine (C=N–C) groups is 1. The minimum Gasteiger partial charge on any atom is -0.323 e. The van der Waals surface area contributed by atoms with Crippen LogP contribution in [0.5, 0.6) is 0 Å². The molecular weight excluding hydrogens is 365 g/mol. The maximum absolute atomic E-state index is 13.8. The Balaban J connectivity index is 1.81. The summed E-state index contributed by atoms with van der Waals surface area (Å²) < 4.78 is 13.8. The van der Waals surface area contributed by atoms with Gasteiger partial charge in [0.05, 0.1) is 11.4 Å². The fourth-order valence-electron chi connectivity index (χ4n) is 2.58. The van der Waals surface area contributed by atoms with Crippen molar-refractivity contribution in [2.75, 3.05) is 12.4 Å². The minimum absolute atomic E-state index is 0.0351. The third kappa shape index (κ3) is 4.36. The Morgan fingerprint density at radius 2 is 1.96 bits per heavy atom. The maximum atomic E-state index is 13.8. The van der Waals surface area contributed by atoms with Crippen LogP contribution < -0.4 is 5.32 Å². The van der Waals surface area contributed by atoms with E-state index in [0.717, 1.165) is 16.8 Å². The van der Waals surface area contributed by atoms with Crippen molar-refractivity contribution in [3.05, 3.63) is 59.4 Å². The van der Waals surface area contributed by atoms with E-state index in [2.05, 4.69) is 10.3 Å². The van der Waals surface area contributed by atoms with Crippen molar-refractivity contribution in [3.63, 3.8) is 0 Å². The smallest absolute Gasteiger partial charge is 0.238 e. The van der Waals surface area contributed by atoms with Crippen molar-refractivity contribution in [2.45, 2.75) is 25.5 Å². The summed E-state index contributed by atoms with van der Waals surface area (Å²) in [5.74, 6) is -1.14. The molecule has 0 aliphatic carbocycles. The molecule has 7 heteroatoms. The van der Waals surface area contributed by atoms with Gasteiger partial charge in [0.25, 0.3) is 0 Å². The molecule has 1 heterocycles. The lowest BCUT2D eigenvalue weighted by atomic mass is 10.1. The number of hydrogen-bond donors (Lipinski definition) is 1. The van der Waals surface area contributed by atoms with Crippen molar-refractivity contribution < 1.29 is 14.0 Å². The molecule has 1 N–H and O–H groups in total. The average molecular weight is 385 g/mol. The van der Waals surface area contributed by atoms with E-state index in [0.29, 0.717) is 5.17 Å². The maximum Gasteiger partial charge on any atom is 0.238 e. The van der Waals surface area contributed by atoms with Crippen LogP contribution in [0.2, 0.25) is 0 Å². The molecule has 0 bridgehead atoms. The van der Waals surface area contributed by atoms with Gasteiger partial charge in [0.15, 0.2) is 5.17 Å². The predicted molar refractivity (Wildman–Crippen MR) is 107 cm³/mol. The van der Waals surface area contributed by atoms with Gasteiger partial charge < -0.3 is 5.32 Å². The van der Waals surface area contributed by atoms with Crippen molar-refractivity contribution in [3.8, 4) is 0 Å². The van der Waals surface area contributed by atoms with Gasteiger partial charge in [-0.2, -0.15) is 0 Å². The standard InChI is InChI=1S/C20H20FN3O2S/c1-12-8-9-14(10-13(12)2)22-20-24(3)18(25)11-17(27-20)19(26)23-16-7-5-4-6-15(16)21/h4-10,17H,11H2,1-3H3,(H,23,26)/t17-/m0/s1. The van der Waals surface area contributed by atoms with E-state index >= 15 is 0 Å². The van der Waals surface area contributed by atoms with Gasteiger partial charge in [0.2, 0.25) is 11.8 Å². The molecule has 2 aromatic rings. The van der Waals surface area contributed by atoms with E-state index in [4.69, 9.17) is 0 Å². The molecule has 0 radical (unpaired) electrons. The molecule has 1 aliphatic heterocycles. The highest BCUT2D eigenvalue weighted by Crippen LogP contribution is 2.29. The number of anilines is 1. The van der Waals surface area contributed by atoms with Crippen LogP contribution in [-0.2, 0) is 9.59 Å². The second kappa shape index (κ2) is 7.92. The lowest BCUT2D eigenvalue weighted by molar-refractivity contribution is -0.128. The highest BCUT2D eigenvalue weighted by molar-refractivity contribution is 8.15. The van der Waals surface area contributed by atoms with Gasteiger partial charge in [-0.1, -0.05) is 30.0 Å². The van der Waals surface area contributed by atoms with Crippen LogP contribution in [0, 0.1) is 19.7 Å². The summed E-state index contributed by atoms with van der Waals surface area (Å²) in [5, 5.41) is 2.34. The molecule has 1 aliphatic rings. The molecule has 0 unspecified atom stereocenters. The average Bonchev–Trinajstić information content (AvgIpc) is 2.63. The van der Waals surface area contributed by atoms with E-state index in [9.17, 15) is 14.0 Å². The summed E-state index contributed by atoms with van der Waals surface area (Å²) in [6, 6.07) is 11.7. The molecule has 3 rings (SSSR count). The Bertz CT molecular complexity index is 929. The van der Waals surface area contributed by atoms with Crippen LogP contribution in [0.15, 0.2) is 47.5 Å². The van der Waals surface area contributed by atoms with Crippen molar-refractivity contribution in [1.82, 2.24) is 4.90 Å². The number of hydrogen-bond acceptors (Lipinski definition) is 4. The molecule has 1 saturated heterocycles. The first-order valence-corrected chi connectivity index (χ1v) is 9.37. The van der Waals surface area contributed by atoms with Crippen LogP contribution in [0.25, 0.3) is 0 Å². The number of halogens is 1. The second-order valence-corrected chi connectivity index (χ2v) is 7.57. The van der Waals surface area contributed by atoms with Gasteiger partial charge in [0.1, 0.15) is 11.1 Å². The first-order valence-electron chi connectivity index (χ1n) is 8.49. The van der Waals surface area contributed by atoms with E-state index in [1.165, 1.54) is 28.8 Å². The number of carbonyl (C=O) groups is 2. The molecular formula is C20H20FN3O2S. The van der Waals surface area contributed by atoms with Crippen molar-refractivity contribution in [2.24, 2.45) is 4.99 Å². The lowest BCUT2D eigenvalue weighted by Crippen LogP contribution is -2.43. The predicted octanol–water partition coefficient (Wildman–Crippen LogP) is 4.03. The molecule has 1 fully saturated rings. The largest absolute Gasteiger partial charge is 0.323 e. The van der Waals surface area contributed by atoms with Gasteiger partial charge in [-0.3, -0.25) is 14.5 Å². The first kappa shape index (κ1) is 19.1. The number of amides is 2. The number of para-hydroxylation sites is 1. The zero-order valence-electron chi connectivity index (χ0n) is 15.3. The molecule has 0 saturated carbocycles. The van der Waals surface area contributed by atoms with Crippen LogP contribution in [-0.4, -0.2) is 34.2 Å². The van der Waals surface area contributed by atoms with Gasteiger partial charge in [-0.15, -0.1) is 0 Å². The molecule has 2 amide bonds. The van der Waals surface area contributed by atoms with E-state index in [1.54, 1.807) is 19.2 Å². The van der Waals surface area contributed by atoms with Crippen LogP contribution in [0.3, 0.4) is 0 Å². The third-order valence-electron chi connectivity index (χ3n) is 4.41. The summed E-state index contributed by atoms with van der Waals surface area (Å²) in [6.45, 7) is 4.01. The number of nitrogens with zero attached hydrogens (tertiary/aromatic N) is 2. The topological polar surface area (TPSA) is 61.8 Å². The molecule has 1 atom stereocenters. The van der Waals surface area contributed by atoms with Gasteiger partial charge in [-0.25, -0.2) is 9.38 Å². The van der Waals surface area contributed by atoms with Crippen LogP contribution in [0.1, 0.15) is 17.5 Å². The van der Waals surface area contributed by atoms with E-state index in [-0.39, 0.29) is 18.0 Å². The zero-order chi connectivity index (χ0) is 19.6. The highest BCUT2D eigenvalue weighted by atomic mass is 32.2. The number of amidine groups is 1. The monoisotopic (exact) mass is 385 g/mol. The molecule has 5 nitrogen and oxygen atoms in total. The Kier molecular flexibility index (Phi) is 5.60. The summed E-state index contributed by atoms with van der Waals surface area (Å²) in [5.41, 5.74) is 3.07. The Labute approximate surface area is 161 Å². The zero-order valence-corrected chi connectivity index (χ0v) is 16.1. The first-order chi connectivity index (χ1) is 12.8. The van der Waals surface area contributed by atoms with Crippen LogP contribution >= 0.6 is 11.8 Å². The Morgan fingerprint density at radius 3 is 2.67 bits per heavy atom. The fourth-order valence-corrected chi connectivity index (χ4v) is 3.64. The summed E-state index contributed by atoms with van der Waals surface area (Å²) in [6.07, 6.45) is 0.0351.